The summed E-state index contributed by atoms with van der Waals surface area (Å²) in [4.78, 5) is 19.0. The highest BCUT2D eigenvalue weighted by molar-refractivity contribution is 7.11. The van der Waals surface area contributed by atoms with Crippen LogP contribution in [0.25, 0.3) is 27.9 Å². The average molecular weight is 487 g/mol. The lowest BCUT2D eigenvalue weighted by Crippen LogP contribution is -2.41. The monoisotopic (exact) mass is 486 g/mol. The molecule has 0 fully saturated rings. The highest BCUT2D eigenvalue weighted by atomic mass is 32.1. The molecule has 1 N–H and O–H groups in total. The first-order valence-corrected chi connectivity index (χ1v) is 12.1. The number of rotatable bonds is 4. The molecule has 0 aliphatic rings. The van der Waals surface area contributed by atoms with Gasteiger partial charge in [-0.1, -0.05) is 24.3 Å². The number of thiazole rings is 1. The molecule has 3 aromatic heterocycles. The van der Waals surface area contributed by atoms with Gasteiger partial charge in [-0.3, -0.25) is 0 Å². The Kier molecular flexibility index (Phi) is 5.73. The van der Waals surface area contributed by atoms with Crippen LogP contribution in [-0.4, -0.2) is 14.5 Å². The third-order valence-electron chi connectivity index (χ3n) is 6.11. The van der Waals surface area contributed by atoms with Crippen LogP contribution in [0.4, 0.5) is 4.39 Å². The Morgan fingerprint density at radius 3 is 2.51 bits per heavy atom. The number of nitrogens with zero attached hydrogens (tertiary/aromatic N) is 3. The minimum absolute atomic E-state index is 0.128. The normalized spacial score (nSPS) is 11.3. The molecule has 5 aromatic rings. The third kappa shape index (κ3) is 4.12. The zero-order valence-electron chi connectivity index (χ0n) is 20.0. The first kappa shape index (κ1) is 22.9. The van der Waals surface area contributed by atoms with Gasteiger partial charge in [-0.15, -0.1) is 11.3 Å². The maximum absolute atomic E-state index is 14.8. The summed E-state index contributed by atoms with van der Waals surface area (Å²) in [6.45, 7) is 7.94. The summed E-state index contributed by atoms with van der Waals surface area (Å²) in [6, 6.07) is 14.3. The van der Waals surface area contributed by atoms with E-state index in [0.717, 1.165) is 26.6 Å². The van der Waals surface area contributed by atoms with Crippen LogP contribution < -0.4 is 10.1 Å². The van der Waals surface area contributed by atoms with Gasteiger partial charge in [0.05, 0.1) is 16.1 Å². The van der Waals surface area contributed by atoms with E-state index in [2.05, 4.69) is 4.98 Å². The minimum Gasteiger partial charge on any atom is -0.477 e. The van der Waals surface area contributed by atoms with Crippen molar-refractivity contribution < 1.29 is 14.1 Å². The second kappa shape index (κ2) is 8.74. The molecule has 0 aliphatic heterocycles. The molecule has 0 spiro atoms. The second-order valence-corrected chi connectivity index (χ2v) is 10.2. The Hall–Kier alpha value is -3.84. The van der Waals surface area contributed by atoms with Gasteiger partial charge in [0, 0.05) is 17.3 Å². The summed E-state index contributed by atoms with van der Waals surface area (Å²) < 4.78 is 18.1. The van der Waals surface area contributed by atoms with E-state index in [1.54, 1.807) is 44.8 Å². The van der Waals surface area contributed by atoms with Crippen LogP contribution in [0, 0.1) is 33.5 Å². The molecular weight excluding hydrogens is 461 g/mol. The first-order chi connectivity index (χ1) is 16.7. The van der Waals surface area contributed by atoms with E-state index in [4.69, 9.17) is 0 Å². The van der Waals surface area contributed by atoms with E-state index in [1.807, 2.05) is 58.0 Å². The van der Waals surface area contributed by atoms with E-state index < -0.39 is 0 Å². The quantitative estimate of drug-likeness (QED) is 0.341. The van der Waals surface area contributed by atoms with Gasteiger partial charge in [-0.2, -0.15) is 8.97 Å². The molecule has 5 rings (SSSR count). The number of fused-ring (bicyclic) bond motifs is 1. The molecule has 5 nitrogen and oxygen atoms in total. The van der Waals surface area contributed by atoms with Crippen LogP contribution in [0.5, 0.6) is 5.88 Å². The summed E-state index contributed by atoms with van der Waals surface area (Å²) in [5.74, 6) is -0.455. The van der Waals surface area contributed by atoms with Crippen LogP contribution >= 0.6 is 11.3 Å². The second-order valence-electron chi connectivity index (χ2n) is 8.89. The lowest BCUT2D eigenvalue weighted by Gasteiger charge is -2.13. The van der Waals surface area contributed by atoms with Crippen LogP contribution in [0.1, 0.15) is 26.6 Å². The highest BCUT2D eigenvalue weighted by Crippen LogP contribution is 2.32. The van der Waals surface area contributed by atoms with Gasteiger partial charge in [0.1, 0.15) is 12.4 Å². The first-order valence-electron chi connectivity index (χ1n) is 11.3. The molecule has 0 atom stereocenters. The molecule has 0 aliphatic carbocycles. The number of halogens is 1. The van der Waals surface area contributed by atoms with E-state index in [-0.39, 0.29) is 22.8 Å². The summed E-state index contributed by atoms with van der Waals surface area (Å²) in [5.41, 5.74) is 4.63. The molecular formula is C28H25FN3O2S+. The number of pyridine rings is 1. The zero-order valence-corrected chi connectivity index (χ0v) is 20.8. The van der Waals surface area contributed by atoms with Crippen molar-refractivity contribution in [2.24, 2.45) is 0 Å². The number of benzene rings is 2. The van der Waals surface area contributed by atoms with E-state index >= 15 is 0 Å². The molecule has 0 saturated heterocycles. The molecule has 176 valence electrons. The van der Waals surface area contributed by atoms with Gasteiger partial charge >= 0.3 is 5.56 Å². The highest BCUT2D eigenvalue weighted by Gasteiger charge is 2.27. The van der Waals surface area contributed by atoms with Gasteiger partial charge < -0.3 is 5.11 Å². The van der Waals surface area contributed by atoms with Crippen molar-refractivity contribution >= 4 is 17.0 Å². The Morgan fingerprint density at radius 1 is 1.03 bits per heavy atom. The predicted molar refractivity (Wildman–Crippen MR) is 137 cm³/mol. The van der Waals surface area contributed by atoms with E-state index in [1.165, 1.54) is 6.07 Å². The van der Waals surface area contributed by atoms with Gasteiger partial charge in [0.2, 0.25) is 0 Å². The molecule has 35 heavy (non-hydrogen) atoms. The maximum atomic E-state index is 14.8. The molecule has 0 bridgehead atoms. The fourth-order valence-corrected chi connectivity index (χ4v) is 5.32. The van der Waals surface area contributed by atoms with Crippen molar-refractivity contribution in [3.8, 4) is 28.1 Å². The summed E-state index contributed by atoms with van der Waals surface area (Å²) in [5, 5.41) is 12.4. The predicted octanol–water partition coefficient (Wildman–Crippen LogP) is 5.50. The van der Waals surface area contributed by atoms with E-state index in [9.17, 15) is 14.3 Å². The molecule has 3 heterocycles. The standard InChI is InChI=1S/C28H24FN3O2S/c1-16-7-8-23(24(29)12-16)20-10-17(2)11-21(13-20)25-27(33)31-9-5-6-18(3)26(31)32(28(25)34)15-22-14-30-19(4)35-22/h5-14H,15H2,1-4H3/p+1. The summed E-state index contributed by atoms with van der Waals surface area (Å²) in [7, 11) is 0. The van der Waals surface area contributed by atoms with Crippen LogP contribution in [0.2, 0.25) is 0 Å². The third-order valence-corrected chi connectivity index (χ3v) is 7.01. The fraction of sp³-hybridized carbons (Fsp3) is 0.179. The molecule has 0 unspecified atom stereocenters. The zero-order chi connectivity index (χ0) is 24.9. The summed E-state index contributed by atoms with van der Waals surface area (Å²) in [6.07, 6.45) is 3.50. The SMILES string of the molecule is Cc1cc(-c2ccc(C)cc2F)cc(-c2c(O)[n+](Cc3cnc(C)s3)c3c(C)cccn3c2=O)c1. The molecule has 0 saturated carbocycles. The number of hydrogen-bond acceptors (Lipinski definition) is 4. The lowest BCUT2D eigenvalue weighted by atomic mass is 9.96. The largest absolute Gasteiger partial charge is 0.477 e. The number of aryl methyl sites for hydroxylation is 4. The van der Waals surface area contributed by atoms with Gasteiger partial charge in [-0.05, 0) is 74.2 Å². The van der Waals surface area contributed by atoms with Crippen molar-refractivity contribution in [3.05, 3.63) is 104 Å². The topological polar surface area (TPSA) is 58.5 Å². The molecule has 2 aromatic carbocycles. The van der Waals surface area contributed by atoms with Crippen molar-refractivity contribution in [3.63, 3.8) is 0 Å². The van der Waals surface area contributed by atoms with Crippen LogP contribution in [0.15, 0.2) is 65.7 Å². The van der Waals surface area contributed by atoms with Gasteiger partial charge in [0.25, 0.3) is 11.5 Å². The van der Waals surface area contributed by atoms with Crippen molar-refractivity contribution in [2.75, 3.05) is 0 Å². The van der Waals surface area contributed by atoms with Gasteiger partial charge in [-0.25, -0.2) is 14.2 Å². The maximum Gasteiger partial charge on any atom is 0.354 e. The lowest BCUT2D eigenvalue weighted by molar-refractivity contribution is -0.671. The molecule has 0 radical (unpaired) electrons. The Labute approximate surface area is 206 Å². The smallest absolute Gasteiger partial charge is 0.354 e. The Morgan fingerprint density at radius 2 is 1.80 bits per heavy atom. The van der Waals surface area contributed by atoms with Crippen molar-refractivity contribution in [1.29, 1.82) is 0 Å². The summed E-state index contributed by atoms with van der Waals surface area (Å²) >= 11 is 1.54. The molecule has 0 amide bonds. The fourth-order valence-electron chi connectivity index (χ4n) is 4.54. The van der Waals surface area contributed by atoms with Crippen LogP contribution in [0.3, 0.4) is 0 Å². The average Bonchev–Trinajstić information content (AvgIpc) is 3.21. The van der Waals surface area contributed by atoms with E-state index in [0.29, 0.717) is 28.9 Å². The number of hydrogen-bond donors (Lipinski definition) is 1. The van der Waals surface area contributed by atoms with Gasteiger partial charge in [0.15, 0.2) is 5.56 Å². The number of aromatic hydroxyl groups is 1. The van der Waals surface area contributed by atoms with Crippen LogP contribution in [-0.2, 0) is 6.54 Å². The van der Waals surface area contributed by atoms with Crippen molar-refractivity contribution in [2.45, 2.75) is 34.2 Å². The number of aromatic nitrogens is 3. The Balaban J connectivity index is 1.79. The van der Waals surface area contributed by atoms with Crippen molar-refractivity contribution in [1.82, 2.24) is 9.38 Å². The minimum atomic E-state index is -0.334. The Bertz CT molecular complexity index is 1670. The molecule has 7 heteroatoms.